The predicted molar refractivity (Wildman–Crippen MR) is 83.5 cm³/mol. The second-order valence-corrected chi connectivity index (χ2v) is 6.17. The number of benzene rings is 2. The zero-order chi connectivity index (χ0) is 14.7. The van der Waals surface area contributed by atoms with Gasteiger partial charge < -0.3 is 9.84 Å². The molecule has 20 heavy (non-hydrogen) atoms. The van der Waals surface area contributed by atoms with Crippen LogP contribution in [0.2, 0.25) is 0 Å². The van der Waals surface area contributed by atoms with Crippen LogP contribution in [0.15, 0.2) is 45.3 Å². The summed E-state index contributed by atoms with van der Waals surface area (Å²) in [7, 11) is 1.57. The van der Waals surface area contributed by atoms with Crippen LogP contribution in [0.1, 0.15) is 17.2 Å². The maximum Gasteiger partial charge on any atom is 0.130 e. The third kappa shape index (κ3) is 3.59. The quantitative estimate of drug-likeness (QED) is 0.805. The van der Waals surface area contributed by atoms with E-state index in [4.69, 9.17) is 4.74 Å². The Kier molecular flexibility index (Phi) is 5.18. The third-order valence-electron chi connectivity index (χ3n) is 2.98. The zero-order valence-electron chi connectivity index (χ0n) is 10.7. The molecule has 2 aromatic carbocycles. The van der Waals surface area contributed by atoms with E-state index in [1.54, 1.807) is 19.2 Å². The summed E-state index contributed by atoms with van der Waals surface area (Å²) in [5.41, 5.74) is 1.09. The van der Waals surface area contributed by atoms with Crippen LogP contribution in [0.25, 0.3) is 0 Å². The van der Waals surface area contributed by atoms with E-state index < -0.39 is 11.9 Å². The van der Waals surface area contributed by atoms with Crippen LogP contribution in [-0.2, 0) is 6.42 Å². The smallest absolute Gasteiger partial charge is 0.130 e. The number of halogens is 3. The molecule has 0 radical (unpaired) electrons. The number of hydrogen-bond donors (Lipinski definition) is 1. The first kappa shape index (κ1) is 15.5. The highest BCUT2D eigenvalue weighted by Gasteiger charge is 2.16. The van der Waals surface area contributed by atoms with Crippen molar-refractivity contribution in [3.8, 4) is 5.75 Å². The average Bonchev–Trinajstić information content (AvgIpc) is 2.38. The van der Waals surface area contributed by atoms with Crippen molar-refractivity contribution in [1.82, 2.24) is 0 Å². The van der Waals surface area contributed by atoms with Crippen molar-refractivity contribution in [3.05, 3.63) is 62.3 Å². The number of aliphatic hydroxyl groups excluding tert-OH is 1. The summed E-state index contributed by atoms with van der Waals surface area (Å²) < 4.78 is 20.6. The van der Waals surface area contributed by atoms with Gasteiger partial charge in [0.25, 0.3) is 0 Å². The van der Waals surface area contributed by atoms with E-state index in [0.29, 0.717) is 10.2 Å². The topological polar surface area (TPSA) is 29.5 Å². The van der Waals surface area contributed by atoms with Crippen molar-refractivity contribution in [1.29, 1.82) is 0 Å². The van der Waals surface area contributed by atoms with Crippen LogP contribution in [0.5, 0.6) is 5.75 Å². The molecule has 0 heterocycles. The predicted octanol–water partition coefficient (Wildman–Crippen LogP) is 4.64. The molecule has 1 N–H and O–H groups in total. The second-order valence-electron chi connectivity index (χ2n) is 4.34. The number of rotatable bonds is 4. The maximum absolute atomic E-state index is 13.8. The molecule has 0 aliphatic rings. The van der Waals surface area contributed by atoms with E-state index in [2.05, 4.69) is 31.9 Å². The van der Waals surface area contributed by atoms with Gasteiger partial charge in [-0.05, 0) is 35.9 Å². The molecule has 0 aromatic heterocycles. The van der Waals surface area contributed by atoms with Gasteiger partial charge in [0.05, 0.1) is 13.2 Å². The normalized spacial score (nSPS) is 12.2. The van der Waals surface area contributed by atoms with Gasteiger partial charge in [-0.15, -0.1) is 0 Å². The molecular formula is C15H13Br2FO2. The standard InChI is InChI=1S/C15H13Br2FO2/c1-20-15-5-3-10(16)6-9(15)7-14(19)12-4-2-11(17)8-13(12)18/h2-6,8,14,19H,7H2,1H3. The minimum absolute atomic E-state index is 0.273. The molecule has 0 fully saturated rings. The maximum atomic E-state index is 13.8. The number of aliphatic hydroxyl groups is 1. The summed E-state index contributed by atoms with van der Waals surface area (Å²) in [6.45, 7) is 0. The fourth-order valence-corrected chi connectivity index (χ4v) is 2.74. The molecule has 2 nitrogen and oxygen atoms in total. The zero-order valence-corrected chi connectivity index (χ0v) is 13.9. The Morgan fingerprint density at radius 1 is 1.15 bits per heavy atom. The van der Waals surface area contributed by atoms with Gasteiger partial charge in [0.15, 0.2) is 0 Å². The number of methoxy groups -OCH3 is 1. The summed E-state index contributed by atoms with van der Waals surface area (Å²) >= 11 is 6.57. The van der Waals surface area contributed by atoms with Crippen LogP contribution in [0.3, 0.4) is 0 Å². The summed E-state index contributed by atoms with van der Waals surface area (Å²) in [4.78, 5) is 0. The van der Waals surface area contributed by atoms with Crippen molar-refractivity contribution in [2.45, 2.75) is 12.5 Å². The van der Waals surface area contributed by atoms with E-state index in [9.17, 15) is 9.50 Å². The lowest BCUT2D eigenvalue weighted by Gasteiger charge is -2.15. The van der Waals surface area contributed by atoms with Gasteiger partial charge in [-0.25, -0.2) is 4.39 Å². The molecule has 1 atom stereocenters. The summed E-state index contributed by atoms with van der Waals surface area (Å²) in [6, 6.07) is 10.2. The molecule has 0 amide bonds. The van der Waals surface area contributed by atoms with Crippen LogP contribution >= 0.6 is 31.9 Å². The van der Waals surface area contributed by atoms with E-state index in [1.165, 1.54) is 6.07 Å². The largest absolute Gasteiger partial charge is 0.496 e. The Bertz CT molecular complexity index is 617. The van der Waals surface area contributed by atoms with Crippen LogP contribution in [-0.4, -0.2) is 12.2 Å². The molecule has 1 unspecified atom stereocenters. The Labute approximate surface area is 133 Å². The molecule has 2 rings (SSSR count). The molecule has 0 aliphatic carbocycles. The van der Waals surface area contributed by atoms with Gasteiger partial charge in [-0.2, -0.15) is 0 Å². The lowest BCUT2D eigenvalue weighted by atomic mass is 10.0. The van der Waals surface area contributed by atoms with Gasteiger partial charge in [-0.1, -0.05) is 37.9 Å². The van der Waals surface area contributed by atoms with Gasteiger partial charge in [0.1, 0.15) is 11.6 Å². The second kappa shape index (κ2) is 6.70. The lowest BCUT2D eigenvalue weighted by molar-refractivity contribution is 0.172. The first-order valence-electron chi connectivity index (χ1n) is 5.96. The van der Waals surface area contributed by atoms with Crippen molar-refractivity contribution in [2.24, 2.45) is 0 Å². The van der Waals surface area contributed by atoms with Crippen LogP contribution < -0.4 is 4.74 Å². The van der Waals surface area contributed by atoms with Crippen LogP contribution in [0.4, 0.5) is 4.39 Å². The first-order valence-corrected chi connectivity index (χ1v) is 7.55. The fourth-order valence-electron chi connectivity index (χ4n) is 2.00. The molecular weight excluding hydrogens is 391 g/mol. The highest BCUT2D eigenvalue weighted by molar-refractivity contribution is 9.10. The Balaban J connectivity index is 2.27. The van der Waals surface area contributed by atoms with E-state index in [0.717, 1.165) is 10.0 Å². The van der Waals surface area contributed by atoms with Crippen LogP contribution in [0, 0.1) is 5.82 Å². The Morgan fingerprint density at radius 2 is 1.80 bits per heavy atom. The van der Waals surface area contributed by atoms with Crippen molar-refractivity contribution >= 4 is 31.9 Å². The monoisotopic (exact) mass is 402 g/mol. The molecule has 0 saturated heterocycles. The highest BCUT2D eigenvalue weighted by atomic mass is 79.9. The number of hydrogen-bond acceptors (Lipinski definition) is 2. The third-order valence-corrected chi connectivity index (χ3v) is 3.96. The molecule has 0 aliphatic heterocycles. The summed E-state index contributed by atoms with van der Waals surface area (Å²) in [6.07, 6.45) is -0.646. The molecule has 0 saturated carbocycles. The van der Waals surface area contributed by atoms with Crippen molar-refractivity contribution < 1.29 is 14.2 Å². The average molecular weight is 404 g/mol. The SMILES string of the molecule is COc1ccc(Br)cc1CC(O)c1ccc(Br)cc1F. The minimum atomic E-state index is -0.925. The molecule has 106 valence electrons. The molecule has 5 heteroatoms. The van der Waals surface area contributed by atoms with E-state index in [1.807, 2.05) is 18.2 Å². The first-order chi connectivity index (χ1) is 9.51. The van der Waals surface area contributed by atoms with Gasteiger partial charge in [0, 0.05) is 20.9 Å². The van der Waals surface area contributed by atoms with Gasteiger partial charge in [-0.3, -0.25) is 0 Å². The lowest BCUT2D eigenvalue weighted by Crippen LogP contribution is -2.05. The van der Waals surface area contributed by atoms with Gasteiger partial charge in [0.2, 0.25) is 0 Å². The molecule has 0 bridgehead atoms. The Morgan fingerprint density at radius 3 is 2.45 bits per heavy atom. The van der Waals surface area contributed by atoms with Gasteiger partial charge >= 0.3 is 0 Å². The fraction of sp³-hybridized carbons (Fsp3) is 0.200. The summed E-state index contributed by atoms with van der Waals surface area (Å²) in [5.74, 6) is 0.241. The van der Waals surface area contributed by atoms with E-state index >= 15 is 0 Å². The Hall–Kier alpha value is -0.910. The van der Waals surface area contributed by atoms with E-state index in [-0.39, 0.29) is 12.0 Å². The molecule has 0 spiro atoms. The van der Waals surface area contributed by atoms with Crippen molar-refractivity contribution in [2.75, 3.05) is 7.11 Å². The molecule has 2 aromatic rings. The highest BCUT2D eigenvalue weighted by Crippen LogP contribution is 2.29. The number of ether oxygens (including phenoxy) is 1. The summed E-state index contributed by atoms with van der Waals surface area (Å²) in [5, 5.41) is 10.2. The van der Waals surface area contributed by atoms with Crippen molar-refractivity contribution in [3.63, 3.8) is 0 Å². The minimum Gasteiger partial charge on any atom is -0.496 e.